The molecule has 1 aliphatic rings. The van der Waals surface area contributed by atoms with Gasteiger partial charge >= 0.3 is 0 Å². The van der Waals surface area contributed by atoms with Gasteiger partial charge in [0, 0.05) is 11.7 Å². The maximum absolute atomic E-state index is 13.7. The first-order chi connectivity index (χ1) is 16.8. The summed E-state index contributed by atoms with van der Waals surface area (Å²) in [6.07, 6.45) is 3.99. The predicted octanol–water partition coefficient (Wildman–Crippen LogP) is 4.83. The number of furan rings is 1. The minimum absolute atomic E-state index is 0.0799. The van der Waals surface area contributed by atoms with Crippen LogP contribution in [0.15, 0.2) is 52.3 Å². The second-order valence-corrected chi connectivity index (χ2v) is 9.98. The fraction of sp³-hybridized carbons (Fsp3) is 0.370. The molecule has 0 spiro atoms. The van der Waals surface area contributed by atoms with Gasteiger partial charge in [-0.15, -0.1) is 11.3 Å². The molecule has 2 aromatic heterocycles. The van der Waals surface area contributed by atoms with Gasteiger partial charge < -0.3 is 15.1 Å². The SMILES string of the molecule is Cc1ccc(C(C(=O)NC2CCCC2)N(C(=O)CNC(=O)c2cccs2)c2ccc(C)c(C)c2)o1. The van der Waals surface area contributed by atoms with Crippen LogP contribution < -0.4 is 15.5 Å². The average molecular weight is 494 g/mol. The van der Waals surface area contributed by atoms with Gasteiger partial charge in [-0.3, -0.25) is 19.3 Å². The highest BCUT2D eigenvalue weighted by Crippen LogP contribution is 2.31. The summed E-state index contributed by atoms with van der Waals surface area (Å²) in [5, 5.41) is 7.64. The van der Waals surface area contributed by atoms with E-state index in [4.69, 9.17) is 4.42 Å². The zero-order valence-electron chi connectivity index (χ0n) is 20.3. The highest BCUT2D eigenvalue weighted by atomic mass is 32.1. The van der Waals surface area contributed by atoms with Crippen LogP contribution in [0.25, 0.3) is 0 Å². The molecule has 1 fully saturated rings. The first-order valence-corrected chi connectivity index (χ1v) is 12.8. The Bertz CT molecular complexity index is 1190. The summed E-state index contributed by atoms with van der Waals surface area (Å²) >= 11 is 1.30. The maximum Gasteiger partial charge on any atom is 0.261 e. The Hall–Kier alpha value is -3.39. The molecule has 3 aromatic rings. The van der Waals surface area contributed by atoms with Crippen molar-refractivity contribution in [2.24, 2.45) is 0 Å². The molecule has 7 nitrogen and oxygen atoms in total. The van der Waals surface area contributed by atoms with Crippen LogP contribution in [0, 0.1) is 20.8 Å². The predicted molar refractivity (Wildman–Crippen MR) is 137 cm³/mol. The summed E-state index contributed by atoms with van der Waals surface area (Å²) in [5.74, 6) is 0.0155. The fourth-order valence-electron chi connectivity index (χ4n) is 4.37. The Balaban J connectivity index is 1.68. The summed E-state index contributed by atoms with van der Waals surface area (Å²) in [6.45, 7) is 5.51. The van der Waals surface area contributed by atoms with E-state index in [9.17, 15) is 14.4 Å². The van der Waals surface area contributed by atoms with Gasteiger partial charge in [-0.25, -0.2) is 0 Å². The zero-order valence-corrected chi connectivity index (χ0v) is 21.1. The van der Waals surface area contributed by atoms with Crippen molar-refractivity contribution in [3.63, 3.8) is 0 Å². The van der Waals surface area contributed by atoms with Crippen LogP contribution in [0.3, 0.4) is 0 Å². The Morgan fingerprint density at radius 3 is 2.46 bits per heavy atom. The number of rotatable bonds is 8. The van der Waals surface area contributed by atoms with E-state index >= 15 is 0 Å². The van der Waals surface area contributed by atoms with Crippen molar-refractivity contribution in [2.45, 2.75) is 58.5 Å². The number of aryl methyl sites for hydroxylation is 3. The summed E-state index contributed by atoms with van der Waals surface area (Å²) in [4.78, 5) is 41.8. The van der Waals surface area contributed by atoms with E-state index in [1.165, 1.54) is 16.2 Å². The summed E-state index contributed by atoms with van der Waals surface area (Å²) < 4.78 is 5.88. The minimum Gasteiger partial charge on any atom is -0.464 e. The lowest BCUT2D eigenvalue weighted by molar-refractivity contribution is -0.127. The smallest absolute Gasteiger partial charge is 0.261 e. The molecule has 8 heteroatoms. The molecule has 1 unspecified atom stereocenters. The molecule has 2 N–H and O–H groups in total. The highest BCUT2D eigenvalue weighted by Gasteiger charge is 2.36. The van der Waals surface area contributed by atoms with Crippen molar-refractivity contribution < 1.29 is 18.8 Å². The molecule has 0 aliphatic heterocycles. The van der Waals surface area contributed by atoms with Gasteiger partial charge in [0.05, 0.1) is 11.4 Å². The molecular weight excluding hydrogens is 462 g/mol. The van der Waals surface area contributed by atoms with Crippen LogP contribution >= 0.6 is 11.3 Å². The standard InChI is InChI=1S/C27H31N3O4S/c1-17-10-12-21(15-18(17)2)30(24(31)16-28-26(32)23-9-6-14-35-23)25(22-13-11-19(3)34-22)27(33)29-20-7-4-5-8-20/h6,9-15,20,25H,4-5,7-8,16H2,1-3H3,(H,28,32)(H,29,33). The van der Waals surface area contributed by atoms with Crippen LogP contribution in [-0.4, -0.2) is 30.3 Å². The number of nitrogens with one attached hydrogen (secondary N) is 2. The van der Waals surface area contributed by atoms with E-state index < -0.39 is 11.9 Å². The van der Waals surface area contributed by atoms with Crippen molar-refractivity contribution in [1.82, 2.24) is 10.6 Å². The molecule has 3 amide bonds. The Morgan fingerprint density at radius 1 is 1.06 bits per heavy atom. The van der Waals surface area contributed by atoms with E-state index in [1.807, 2.05) is 32.0 Å². The van der Waals surface area contributed by atoms with E-state index in [0.29, 0.717) is 22.1 Å². The van der Waals surface area contributed by atoms with Crippen LogP contribution in [0.4, 0.5) is 5.69 Å². The summed E-state index contributed by atoms with van der Waals surface area (Å²) in [7, 11) is 0. The lowest BCUT2D eigenvalue weighted by Gasteiger charge is -2.31. The Morgan fingerprint density at radius 2 is 1.83 bits per heavy atom. The first kappa shape index (κ1) is 24.7. The molecule has 2 heterocycles. The van der Waals surface area contributed by atoms with Gasteiger partial charge in [-0.05, 0) is 80.5 Å². The van der Waals surface area contributed by atoms with Crippen LogP contribution in [-0.2, 0) is 9.59 Å². The van der Waals surface area contributed by atoms with E-state index in [0.717, 1.165) is 36.8 Å². The number of amides is 3. The number of carbonyl (C=O) groups is 3. The molecule has 1 aliphatic carbocycles. The van der Waals surface area contributed by atoms with E-state index in [1.54, 1.807) is 36.6 Å². The van der Waals surface area contributed by atoms with Crippen molar-refractivity contribution >= 4 is 34.7 Å². The van der Waals surface area contributed by atoms with Gasteiger partial charge in [0.2, 0.25) is 5.91 Å². The highest BCUT2D eigenvalue weighted by molar-refractivity contribution is 7.12. The summed E-state index contributed by atoms with van der Waals surface area (Å²) in [6, 6.07) is 11.7. The molecular formula is C27H31N3O4S. The van der Waals surface area contributed by atoms with Gasteiger partial charge in [-0.1, -0.05) is 25.0 Å². The zero-order chi connectivity index (χ0) is 24.9. The topological polar surface area (TPSA) is 91.7 Å². The maximum atomic E-state index is 13.7. The van der Waals surface area contributed by atoms with Crippen molar-refractivity contribution in [1.29, 1.82) is 0 Å². The largest absolute Gasteiger partial charge is 0.464 e. The lowest BCUT2D eigenvalue weighted by Crippen LogP contribution is -2.49. The third kappa shape index (κ3) is 5.82. The second-order valence-electron chi connectivity index (χ2n) is 9.03. The quantitative estimate of drug-likeness (QED) is 0.470. The molecule has 1 atom stereocenters. The van der Waals surface area contributed by atoms with Crippen molar-refractivity contribution in [3.05, 3.63) is 75.4 Å². The summed E-state index contributed by atoms with van der Waals surface area (Å²) in [5.41, 5.74) is 2.64. The number of hydrogen-bond acceptors (Lipinski definition) is 5. The molecule has 0 bridgehead atoms. The molecule has 0 saturated heterocycles. The number of benzene rings is 1. The molecule has 1 aromatic carbocycles. The van der Waals surface area contributed by atoms with Gasteiger partial charge in [0.15, 0.2) is 6.04 Å². The fourth-order valence-corrected chi connectivity index (χ4v) is 5.01. The minimum atomic E-state index is -1.00. The molecule has 1 saturated carbocycles. The molecule has 35 heavy (non-hydrogen) atoms. The number of thiophene rings is 1. The van der Waals surface area contributed by atoms with Gasteiger partial charge in [0.1, 0.15) is 11.5 Å². The van der Waals surface area contributed by atoms with Crippen molar-refractivity contribution in [3.8, 4) is 0 Å². The third-order valence-corrected chi connectivity index (χ3v) is 7.29. The monoisotopic (exact) mass is 493 g/mol. The van der Waals surface area contributed by atoms with Crippen LogP contribution in [0.2, 0.25) is 0 Å². The molecule has 0 radical (unpaired) electrons. The number of nitrogens with zero attached hydrogens (tertiary/aromatic N) is 1. The van der Waals surface area contributed by atoms with Gasteiger partial charge in [-0.2, -0.15) is 0 Å². The lowest BCUT2D eigenvalue weighted by atomic mass is 10.1. The van der Waals surface area contributed by atoms with E-state index in [-0.39, 0.29) is 24.4 Å². The van der Waals surface area contributed by atoms with Crippen molar-refractivity contribution in [2.75, 3.05) is 11.4 Å². The Labute approximate surface area is 209 Å². The number of hydrogen-bond donors (Lipinski definition) is 2. The normalized spacial score (nSPS) is 14.5. The number of carbonyl (C=O) groups excluding carboxylic acids is 3. The second kappa shape index (κ2) is 10.9. The Kier molecular flexibility index (Phi) is 7.70. The van der Waals surface area contributed by atoms with E-state index in [2.05, 4.69) is 10.6 Å². The first-order valence-electron chi connectivity index (χ1n) is 11.9. The average Bonchev–Trinajstić information content (AvgIpc) is 3.61. The van der Waals surface area contributed by atoms with Gasteiger partial charge in [0.25, 0.3) is 11.8 Å². The third-order valence-electron chi connectivity index (χ3n) is 6.42. The number of anilines is 1. The molecule has 184 valence electrons. The molecule has 4 rings (SSSR count). The van der Waals surface area contributed by atoms with Crippen LogP contribution in [0.1, 0.15) is 64.0 Å². The van der Waals surface area contributed by atoms with Crippen LogP contribution in [0.5, 0.6) is 0 Å².